The number of nitro benzene ring substituents is 1. The molecule has 4 nitrogen and oxygen atoms in total. The van der Waals surface area contributed by atoms with Crippen LogP contribution in [0.25, 0.3) is 0 Å². The molecule has 1 N–H and O–H groups in total. The average Bonchev–Trinajstić information content (AvgIpc) is 2.83. The topological polar surface area (TPSA) is 55.2 Å². The lowest BCUT2D eigenvalue weighted by atomic mass is 10.2. The molecule has 0 atom stereocenters. The van der Waals surface area contributed by atoms with Gasteiger partial charge >= 0.3 is 0 Å². The lowest BCUT2D eigenvalue weighted by molar-refractivity contribution is -0.384. The van der Waals surface area contributed by atoms with Crippen LogP contribution in [0.15, 0.2) is 29.6 Å². The molecule has 1 aromatic carbocycles. The second-order valence-corrected chi connectivity index (χ2v) is 4.84. The lowest BCUT2D eigenvalue weighted by Gasteiger charge is -2.07. The Balaban J connectivity index is 2.25. The van der Waals surface area contributed by atoms with E-state index < -0.39 is 10.7 Å². The third-order valence-corrected chi connectivity index (χ3v) is 3.38. The lowest BCUT2D eigenvalue weighted by Crippen LogP contribution is -2.03. The van der Waals surface area contributed by atoms with Gasteiger partial charge in [-0.05, 0) is 30.0 Å². The summed E-state index contributed by atoms with van der Waals surface area (Å²) >= 11 is 1.56. The van der Waals surface area contributed by atoms with Gasteiger partial charge < -0.3 is 5.32 Å². The molecule has 0 saturated carbocycles. The maximum Gasteiger partial charge on any atom is 0.295 e. The molecule has 0 bridgehead atoms. The fraction of sp³-hybridized carbons (Fsp3) is 0.167. The molecule has 6 heteroatoms. The van der Waals surface area contributed by atoms with Crippen molar-refractivity contribution in [2.45, 2.75) is 13.5 Å². The summed E-state index contributed by atoms with van der Waals surface area (Å²) in [4.78, 5) is 11.3. The first-order valence-electron chi connectivity index (χ1n) is 5.28. The van der Waals surface area contributed by atoms with Crippen molar-refractivity contribution in [3.05, 3.63) is 56.0 Å². The van der Waals surface area contributed by atoms with Gasteiger partial charge in [-0.25, -0.2) is 4.39 Å². The first-order chi connectivity index (χ1) is 8.58. The van der Waals surface area contributed by atoms with Gasteiger partial charge in [0, 0.05) is 11.4 Å². The number of thiophene rings is 1. The molecule has 18 heavy (non-hydrogen) atoms. The third-order valence-electron chi connectivity index (χ3n) is 2.51. The standard InChI is InChI=1S/C12H11FN2O2S/c1-8-5-11(12(15(16)17)6-10(8)13)14-7-9-3-2-4-18-9/h2-6,14H,7H2,1H3. The Kier molecular flexibility index (Phi) is 3.57. The smallest absolute Gasteiger partial charge is 0.295 e. The number of nitrogens with zero attached hydrogens (tertiary/aromatic N) is 1. The van der Waals surface area contributed by atoms with Gasteiger partial charge in [0.05, 0.1) is 11.0 Å². The molecular formula is C12H11FN2O2S. The number of halogens is 1. The molecule has 0 spiro atoms. The monoisotopic (exact) mass is 266 g/mol. The van der Waals surface area contributed by atoms with Crippen LogP contribution >= 0.6 is 11.3 Å². The highest BCUT2D eigenvalue weighted by Crippen LogP contribution is 2.28. The van der Waals surface area contributed by atoms with Crippen LogP contribution < -0.4 is 5.32 Å². The summed E-state index contributed by atoms with van der Waals surface area (Å²) in [5, 5.41) is 15.7. The molecule has 0 unspecified atom stereocenters. The molecule has 0 aliphatic carbocycles. The fourth-order valence-electron chi connectivity index (χ4n) is 1.56. The summed E-state index contributed by atoms with van der Waals surface area (Å²) in [5.74, 6) is -0.566. The van der Waals surface area contributed by atoms with Crippen molar-refractivity contribution >= 4 is 22.7 Å². The molecule has 2 aromatic rings. The van der Waals surface area contributed by atoms with Crippen molar-refractivity contribution in [3.8, 4) is 0 Å². The normalized spacial score (nSPS) is 10.3. The molecule has 2 rings (SSSR count). The van der Waals surface area contributed by atoms with Gasteiger partial charge in [0.25, 0.3) is 5.69 Å². The van der Waals surface area contributed by atoms with Gasteiger partial charge in [-0.3, -0.25) is 10.1 Å². The Morgan fingerprint density at radius 2 is 2.28 bits per heavy atom. The van der Waals surface area contributed by atoms with Crippen molar-refractivity contribution in [1.29, 1.82) is 0 Å². The van der Waals surface area contributed by atoms with E-state index in [0.29, 0.717) is 17.8 Å². The summed E-state index contributed by atoms with van der Waals surface area (Å²) in [5.41, 5.74) is 0.483. The van der Waals surface area contributed by atoms with E-state index in [-0.39, 0.29) is 5.69 Å². The number of hydrogen-bond donors (Lipinski definition) is 1. The molecular weight excluding hydrogens is 255 g/mol. The van der Waals surface area contributed by atoms with Gasteiger partial charge in [0.15, 0.2) is 0 Å². The van der Waals surface area contributed by atoms with Gasteiger partial charge in [-0.1, -0.05) is 6.07 Å². The summed E-state index contributed by atoms with van der Waals surface area (Å²) in [6, 6.07) is 6.25. The van der Waals surface area contributed by atoms with E-state index in [9.17, 15) is 14.5 Å². The van der Waals surface area contributed by atoms with Crippen molar-refractivity contribution in [2.75, 3.05) is 5.32 Å². The van der Waals surface area contributed by atoms with Crippen LogP contribution in [0.3, 0.4) is 0 Å². The van der Waals surface area contributed by atoms with Crippen LogP contribution in [-0.2, 0) is 6.54 Å². The minimum absolute atomic E-state index is 0.241. The molecule has 1 heterocycles. The van der Waals surface area contributed by atoms with Crippen LogP contribution in [0.1, 0.15) is 10.4 Å². The molecule has 0 amide bonds. The summed E-state index contributed by atoms with van der Waals surface area (Å²) in [6.07, 6.45) is 0. The van der Waals surface area contributed by atoms with Crippen molar-refractivity contribution in [2.24, 2.45) is 0 Å². The Bertz CT molecular complexity index is 570. The van der Waals surface area contributed by atoms with Crippen LogP contribution in [0.2, 0.25) is 0 Å². The zero-order valence-corrected chi connectivity index (χ0v) is 10.5. The molecule has 0 aliphatic heterocycles. The minimum Gasteiger partial charge on any atom is -0.375 e. The van der Waals surface area contributed by atoms with Crippen molar-refractivity contribution in [3.63, 3.8) is 0 Å². The van der Waals surface area contributed by atoms with Crippen molar-refractivity contribution < 1.29 is 9.31 Å². The van der Waals surface area contributed by atoms with Gasteiger partial charge in [-0.15, -0.1) is 11.3 Å². The highest BCUT2D eigenvalue weighted by molar-refractivity contribution is 7.09. The predicted octanol–water partition coefficient (Wildman–Crippen LogP) is 3.72. The molecule has 0 aliphatic rings. The second kappa shape index (κ2) is 5.14. The summed E-state index contributed by atoms with van der Waals surface area (Å²) in [6.45, 7) is 2.07. The Hall–Kier alpha value is -1.95. The van der Waals surface area contributed by atoms with E-state index >= 15 is 0 Å². The van der Waals surface area contributed by atoms with Crippen molar-refractivity contribution in [1.82, 2.24) is 0 Å². The third kappa shape index (κ3) is 2.65. The zero-order chi connectivity index (χ0) is 13.1. The van der Waals surface area contributed by atoms with E-state index in [1.54, 1.807) is 18.3 Å². The Morgan fingerprint density at radius 1 is 1.50 bits per heavy atom. The number of anilines is 1. The second-order valence-electron chi connectivity index (χ2n) is 3.81. The summed E-state index contributed by atoms with van der Waals surface area (Å²) < 4.78 is 13.3. The number of aryl methyl sites for hydroxylation is 1. The van der Waals surface area contributed by atoms with E-state index in [1.807, 2.05) is 17.5 Å². The first-order valence-corrected chi connectivity index (χ1v) is 6.16. The number of benzene rings is 1. The molecule has 0 fully saturated rings. The molecule has 0 radical (unpaired) electrons. The maximum atomic E-state index is 13.3. The predicted molar refractivity (Wildman–Crippen MR) is 69.4 cm³/mol. The SMILES string of the molecule is Cc1cc(NCc2cccs2)c([N+](=O)[O-])cc1F. The van der Waals surface area contributed by atoms with Crippen LogP contribution in [-0.4, -0.2) is 4.92 Å². The quantitative estimate of drug-likeness (QED) is 0.678. The van der Waals surface area contributed by atoms with E-state index in [4.69, 9.17) is 0 Å². The van der Waals surface area contributed by atoms with Crippen LogP contribution in [0.5, 0.6) is 0 Å². The summed E-state index contributed by atoms with van der Waals surface area (Å²) in [7, 11) is 0. The largest absolute Gasteiger partial charge is 0.375 e. The van der Waals surface area contributed by atoms with E-state index in [2.05, 4.69) is 5.32 Å². The fourth-order valence-corrected chi connectivity index (χ4v) is 2.20. The number of hydrogen-bond acceptors (Lipinski definition) is 4. The van der Waals surface area contributed by atoms with Gasteiger partial charge in [-0.2, -0.15) is 0 Å². The number of rotatable bonds is 4. The Morgan fingerprint density at radius 3 is 2.89 bits per heavy atom. The first kappa shape index (κ1) is 12.5. The molecule has 1 aromatic heterocycles. The van der Waals surface area contributed by atoms with Gasteiger partial charge in [0.2, 0.25) is 0 Å². The van der Waals surface area contributed by atoms with Crippen LogP contribution in [0, 0.1) is 22.9 Å². The van der Waals surface area contributed by atoms with Crippen LogP contribution in [0.4, 0.5) is 15.8 Å². The average molecular weight is 266 g/mol. The van der Waals surface area contributed by atoms with Gasteiger partial charge in [0.1, 0.15) is 11.5 Å². The minimum atomic E-state index is -0.584. The highest BCUT2D eigenvalue weighted by Gasteiger charge is 2.16. The Labute approximate surface area is 107 Å². The molecule has 0 saturated heterocycles. The molecule has 94 valence electrons. The number of nitro groups is 1. The number of nitrogens with one attached hydrogen (secondary N) is 1. The van der Waals surface area contributed by atoms with E-state index in [0.717, 1.165) is 10.9 Å². The van der Waals surface area contributed by atoms with E-state index in [1.165, 1.54) is 6.07 Å². The zero-order valence-electron chi connectivity index (χ0n) is 9.64. The highest BCUT2D eigenvalue weighted by atomic mass is 32.1. The maximum absolute atomic E-state index is 13.3.